The van der Waals surface area contributed by atoms with Gasteiger partial charge in [0.2, 0.25) is 5.91 Å². The maximum Gasteiger partial charge on any atom is 0.429 e. The molecule has 0 saturated carbocycles. The summed E-state index contributed by atoms with van der Waals surface area (Å²) in [4.78, 5) is 71.0. The predicted octanol–water partition coefficient (Wildman–Crippen LogP) is 7.64. The number of fused-ring (bicyclic) bond motifs is 3. The van der Waals surface area contributed by atoms with Crippen LogP contribution in [0.15, 0.2) is 103 Å². The van der Waals surface area contributed by atoms with Crippen molar-refractivity contribution in [3.05, 3.63) is 131 Å². The molecule has 0 aromatic heterocycles. The van der Waals surface area contributed by atoms with Crippen molar-refractivity contribution >= 4 is 30.0 Å². The van der Waals surface area contributed by atoms with Gasteiger partial charge in [-0.2, -0.15) is 0 Å². The first-order chi connectivity index (χ1) is 28.5. The number of nitrogens with one attached hydrogen (secondary N) is 1. The summed E-state index contributed by atoms with van der Waals surface area (Å²) in [5, 5.41) is 5.04. The van der Waals surface area contributed by atoms with Gasteiger partial charge in [-0.05, 0) is 77.5 Å². The lowest BCUT2D eigenvalue weighted by atomic mass is 9.98. The molecule has 4 aromatic carbocycles. The summed E-state index contributed by atoms with van der Waals surface area (Å²) >= 11 is 0. The second-order valence-corrected chi connectivity index (χ2v) is 15.6. The first-order valence-electron chi connectivity index (χ1n) is 20.4. The van der Waals surface area contributed by atoms with Gasteiger partial charge >= 0.3 is 18.2 Å². The Morgan fingerprint density at radius 3 is 1.95 bits per heavy atom. The number of hydrazine groups is 1. The summed E-state index contributed by atoms with van der Waals surface area (Å²) in [6.07, 6.45) is 0.149. The van der Waals surface area contributed by atoms with E-state index in [0.29, 0.717) is 6.42 Å². The van der Waals surface area contributed by atoms with E-state index in [1.54, 1.807) is 0 Å². The van der Waals surface area contributed by atoms with E-state index in [4.69, 9.17) is 14.2 Å². The Hall–Kier alpha value is -6.17. The summed E-state index contributed by atoms with van der Waals surface area (Å²) in [5.74, 6) is -2.12. The highest BCUT2D eigenvalue weighted by atomic mass is 16.6. The molecule has 1 heterocycles. The third kappa shape index (κ3) is 10.1. The van der Waals surface area contributed by atoms with Crippen LogP contribution in [0.25, 0.3) is 11.1 Å². The highest BCUT2D eigenvalue weighted by Gasteiger charge is 2.44. The Morgan fingerprint density at radius 1 is 0.746 bits per heavy atom. The molecular formula is C47H54N4O8. The lowest BCUT2D eigenvalue weighted by Crippen LogP contribution is -2.65. The standard InChI is InChI=1S/C47H54N4O8/c1-6-33-22-24-35(25-23-33)28-57-45(54)41(27-31(2)3)48-43(52)42-21-14-26-50(47(56)58-29-34-15-8-7-9-16-34)51(42)44(53)32(4)49(5)46(55)59-30-40-38-19-12-10-17-36(38)37-18-11-13-20-39(37)40/h7-13,15-20,22-25,31-32,40-42H,6,14,21,26-30H2,1-5H3,(H,48,52)/t32-,41-,42+/m0/s1. The molecule has 0 unspecified atom stereocenters. The number of rotatable bonds is 14. The molecule has 4 amide bonds. The van der Waals surface area contributed by atoms with Crippen molar-refractivity contribution in [2.75, 3.05) is 20.2 Å². The molecule has 0 radical (unpaired) electrons. The van der Waals surface area contributed by atoms with E-state index >= 15 is 0 Å². The van der Waals surface area contributed by atoms with E-state index in [9.17, 15) is 24.0 Å². The number of aryl methyl sites for hydroxylation is 1. The second-order valence-electron chi connectivity index (χ2n) is 15.6. The van der Waals surface area contributed by atoms with Crippen molar-refractivity contribution in [1.29, 1.82) is 0 Å². The van der Waals surface area contributed by atoms with Crippen LogP contribution in [-0.4, -0.2) is 83.2 Å². The van der Waals surface area contributed by atoms with Crippen molar-refractivity contribution in [2.24, 2.45) is 5.92 Å². The highest BCUT2D eigenvalue weighted by Crippen LogP contribution is 2.44. The maximum atomic E-state index is 14.6. The fourth-order valence-corrected chi connectivity index (χ4v) is 7.61. The summed E-state index contributed by atoms with van der Waals surface area (Å²) < 4.78 is 17.2. The highest BCUT2D eigenvalue weighted by molar-refractivity contribution is 5.94. The summed E-state index contributed by atoms with van der Waals surface area (Å²) in [5.41, 5.74) is 6.97. The minimum Gasteiger partial charge on any atom is -0.459 e. The Labute approximate surface area is 346 Å². The summed E-state index contributed by atoms with van der Waals surface area (Å²) in [6, 6.07) is 29.5. The molecule has 4 aromatic rings. The zero-order valence-corrected chi connectivity index (χ0v) is 34.5. The number of ether oxygens (including phenoxy) is 3. The van der Waals surface area contributed by atoms with Crippen LogP contribution in [0.1, 0.15) is 80.7 Å². The zero-order valence-electron chi connectivity index (χ0n) is 34.5. The number of nitrogens with zero attached hydrogens (tertiary/aromatic N) is 3. The molecule has 59 heavy (non-hydrogen) atoms. The largest absolute Gasteiger partial charge is 0.459 e. The van der Waals surface area contributed by atoms with E-state index in [-0.39, 0.29) is 51.0 Å². The molecule has 2 aliphatic rings. The molecule has 0 bridgehead atoms. The van der Waals surface area contributed by atoms with E-state index in [1.165, 1.54) is 14.0 Å². The number of esters is 1. The van der Waals surface area contributed by atoms with E-state index in [1.807, 2.05) is 117 Å². The van der Waals surface area contributed by atoms with Gasteiger partial charge in [0.05, 0.1) is 0 Å². The molecule has 1 saturated heterocycles. The summed E-state index contributed by atoms with van der Waals surface area (Å²) in [7, 11) is 1.45. The van der Waals surface area contributed by atoms with Crippen molar-refractivity contribution in [2.45, 2.75) is 90.6 Å². The van der Waals surface area contributed by atoms with Gasteiger partial charge < -0.3 is 19.5 Å². The molecule has 1 aliphatic carbocycles. The normalized spacial score (nSPS) is 15.7. The lowest BCUT2D eigenvalue weighted by molar-refractivity contribution is -0.167. The van der Waals surface area contributed by atoms with Crippen LogP contribution in [0.3, 0.4) is 0 Å². The first kappa shape index (κ1) is 42.4. The third-order valence-corrected chi connectivity index (χ3v) is 11.0. The van der Waals surface area contributed by atoms with Crippen molar-refractivity contribution in [1.82, 2.24) is 20.2 Å². The van der Waals surface area contributed by atoms with Gasteiger partial charge in [-0.15, -0.1) is 0 Å². The predicted molar refractivity (Wildman–Crippen MR) is 222 cm³/mol. The maximum absolute atomic E-state index is 14.6. The fourth-order valence-electron chi connectivity index (χ4n) is 7.61. The van der Waals surface area contributed by atoms with E-state index < -0.39 is 48.1 Å². The molecular weight excluding hydrogens is 749 g/mol. The van der Waals surface area contributed by atoms with Crippen LogP contribution in [0.2, 0.25) is 0 Å². The zero-order chi connectivity index (χ0) is 42.1. The van der Waals surface area contributed by atoms with Gasteiger partial charge in [-0.25, -0.2) is 24.4 Å². The van der Waals surface area contributed by atoms with Gasteiger partial charge in [0.1, 0.15) is 37.9 Å². The Kier molecular flexibility index (Phi) is 14.0. The SMILES string of the molecule is CCc1ccc(COC(=O)[C@H](CC(C)C)NC(=O)[C@H]2CCCN(C(=O)OCc3ccccc3)N2C(=O)[C@H](C)N(C)C(=O)OCC2c3ccccc3-c3ccccc32)cc1. The Balaban J connectivity index is 1.19. The number of likely N-dealkylation sites (N-methyl/N-ethyl adjacent to an activating group) is 1. The van der Waals surface area contributed by atoms with Crippen LogP contribution in [0.4, 0.5) is 9.59 Å². The lowest BCUT2D eigenvalue weighted by Gasteiger charge is -2.44. The van der Waals surface area contributed by atoms with Crippen LogP contribution in [-0.2, 0) is 48.2 Å². The van der Waals surface area contributed by atoms with E-state index in [0.717, 1.165) is 60.3 Å². The molecule has 1 aliphatic heterocycles. The smallest absolute Gasteiger partial charge is 0.429 e. The average molecular weight is 803 g/mol. The number of hydrogen-bond donors (Lipinski definition) is 1. The van der Waals surface area contributed by atoms with Gasteiger partial charge in [0.25, 0.3) is 5.91 Å². The van der Waals surface area contributed by atoms with Crippen LogP contribution < -0.4 is 5.32 Å². The minimum atomic E-state index is -1.21. The van der Waals surface area contributed by atoms with Crippen molar-refractivity contribution < 1.29 is 38.2 Å². The molecule has 310 valence electrons. The summed E-state index contributed by atoms with van der Waals surface area (Å²) in [6.45, 7) is 7.53. The quantitative estimate of drug-likeness (QED) is 0.102. The van der Waals surface area contributed by atoms with E-state index in [2.05, 4.69) is 12.2 Å². The van der Waals surface area contributed by atoms with Crippen molar-refractivity contribution in [3.63, 3.8) is 0 Å². The molecule has 1 fully saturated rings. The van der Waals surface area contributed by atoms with Crippen LogP contribution >= 0.6 is 0 Å². The topological polar surface area (TPSA) is 135 Å². The number of amides is 4. The monoisotopic (exact) mass is 802 g/mol. The molecule has 0 spiro atoms. The fraction of sp³-hybridized carbons (Fsp3) is 0.383. The number of hydrogen-bond acceptors (Lipinski definition) is 8. The van der Waals surface area contributed by atoms with Gasteiger partial charge in [-0.3, -0.25) is 14.5 Å². The Morgan fingerprint density at radius 2 is 1.32 bits per heavy atom. The van der Waals surface area contributed by atoms with Gasteiger partial charge in [0.15, 0.2) is 0 Å². The Bertz CT molecular complexity index is 2060. The average Bonchev–Trinajstić information content (AvgIpc) is 3.58. The van der Waals surface area contributed by atoms with Crippen LogP contribution in [0, 0.1) is 5.92 Å². The third-order valence-electron chi connectivity index (χ3n) is 11.0. The molecule has 1 N–H and O–H groups in total. The minimum absolute atomic E-state index is 0.0103. The van der Waals surface area contributed by atoms with Crippen LogP contribution in [0.5, 0.6) is 0 Å². The van der Waals surface area contributed by atoms with Crippen molar-refractivity contribution in [3.8, 4) is 11.1 Å². The second kappa shape index (κ2) is 19.5. The molecule has 12 nitrogen and oxygen atoms in total. The number of carbonyl (C=O) groups excluding carboxylic acids is 5. The molecule has 6 rings (SSSR count). The van der Waals surface area contributed by atoms with Gasteiger partial charge in [-0.1, -0.05) is 124 Å². The molecule has 3 atom stereocenters. The molecule has 12 heteroatoms. The number of benzene rings is 4. The van der Waals surface area contributed by atoms with Gasteiger partial charge in [0, 0.05) is 19.5 Å². The number of carbonyl (C=O) groups is 5. The first-order valence-corrected chi connectivity index (χ1v) is 20.4.